The largest absolute Gasteiger partial charge is 0.391 e. The average molecular weight is 630 g/mol. The van der Waals surface area contributed by atoms with E-state index in [1.54, 1.807) is 23.1 Å². The number of aliphatic hydroxyl groups excluding tert-OH is 1. The number of halogens is 2. The van der Waals surface area contributed by atoms with Crippen molar-refractivity contribution < 1.29 is 18.7 Å². The van der Waals surface area contributed by atoms with E-state index in [1.807, 2.05) is 24.1 Å². The van der Waals surface area contributed by atoms with Gasteiger partial charge in [0, 0.05) is 74.6 Å². The highest BCUT2D eigenvalue weighted by atomic mass is 32.1. The van der Waals surface area contributed by atoms with E-state index in [9.17, 15) is 19.6 Å². The van der Waals surface area contributed by atoms with Gasteiger partial charge < -0.3 is 19.8 Å². The van der Waals surface area contributed by atoms with Gasteiger partial charge >= 0.3 is 0 Å². The molecule has 45 heavy (non-hydrogen) atoms. The van der Waals surface area contributed by atoms with Crippen LogP contribution in [0, 0.1) is 23.0 Å². The molecule has 4 heterocycles. The molecule has 4 aromatic rings. The van der Waals surface area contributed by atoms with Crippen molar-refractivity contribution in [2.24, 2.45) is 0 Å². The van der Waals surface area contributed by atoms with E-state index in [0.717, 1.165) is 29.9 Å². The van der Waals surface area contributed by atoms with Gasteiger partial charge in [-0.3, -0.25) is 9.69 Å². The number of amides is 1. The van der Waals surface area contributed by atoms with E-state index in [4.69, 9.17) is 9.97 Å². The Hall–Kier alpha value is -4.18. The molecule has 9 nitrogen and oxygen atoms in total. The first kappa shape index (κ1) is 29.5. The van der Waals surface area contributed by atoms with E-state index in [1.165, 1.54) is 23.5 Å². The Morgan fingerprint density at radius 2 is 1.82 bits per heavy atom. The number of piperazine rings is 1. The molecule has 1 atom stereocenters. The van der Waals surface area contributed by atoms with E-state index in [0.29, 0.717) is 90.3 Å². The zero-order valence-electron chi connectivity index (χ0n) is 24.9. The van der Waals surface area contributed by atoms with Crippen LogP contribution in [0.5, 0.6) is 0 Å². The van der Waals surface area contributed by atoms with Crippen molar-refractivity contribution in [3.05, 3.63) is 64.7 Å². The van der Waals surface area contributed by atoms with E-state index in [2.05, 4.69) is 15.9 Å². The predicted octanol–water partition coefficient (Wildman–Crippen LogP) is 4.87. The van der Waals surface area contributed by atoms with Crippen LogP contribution in [0.2, 0.25) is 0 Å². The van der Waals surface area contributed by atoms with Crippen LogP contribution in [0.15, 0.2) is 42.5 Å². The molecule has 3 aliphatic rings. The molecule has 2 aromatic carbocycles. The minimum Gasteiger partial charge on any atom is -0.391 e. The molecule has 0 unspecified atom stereocenters. The summed E-state index contributed by atoms with van der Waals surface area (Å²) in [6.45, 7) is 3.90. The Labute approximate surface area is 263 Å². The fourth-order valence-electron chi connectivity index (χ4n) is 6.18. The quantitative estimate of drug-likeness (QED) is 0.309. The van der Waals surface area contributed by atoms with Crippen molar-refractivity contribution in [3.63, 3.8) is 0 Å². The zero-order valence-corrected chi connectivity index (χ0v) is 25.7. The number of thiazole rings is 1. The molecular weight excluding hydrogens is 596 g/mol. The lowest BCUT2D eigenvalue weighted by Gasteiger charge is -2.36. The van der Waals surface area contributed by atoms with Crippen LogP contribution in [0.4, 0.5) is 25.3 Å². The number of hydrogen-bond donors (Lipinski definition) is 1. The molecule has 0 radical (unpaired) electrons. The number of aliphatic hydroxyl groups is 1. The Bertz CT molecular complexity index is 1800. The van der Waals surface area contributed by atoms with Gasteiger partial charge in [-0.05, 0) is 61.7 Å². The van der Waals surface area contributed by atoms with E-state index in [-0.39, 0.29) is 11.7 Å². The topological polar surface area (TPSA) is 99.8 Å². The highest BCUT2D eigenvalue weighted by Crippen LogP contribution is 2.44. The summed E-state index contributed by atoms with van der Waals surface area (Å²) in [5.41, 5.74) is 3.77. The fourth-order valence-corrected chi connectivity index (χ4v) is 7.04. The first-order chi connectivity index (χ1) is 21.8. The molecule has 0 bridgehead atoms. The first-order valence-corrected chi connectivity index (χ1v) is 16.1. The molecule has 2 aliphatic heterocycles. The monoisotopic (exact) mass is 629 g/mol. The van der Waals surface area contributed by atoms with Crippen LogP contribution in [-0.2, 0) is 4.79 Å². The van der Waals surface area contributed by atoms with Gasteiger partial charge in [-0.15, -0.1) is 0 Å². The maximum atomic E-state index is 15.9. The number of likely N-dealkylation sites (tertiary alicyclic amines) is 1. The molecule has 1 saturated carbocycles. The summed E-state index contributed by atoms with van der Waals surface area (Å²) in [5.74, 6) is -0.433. The van der Waals surface area contributed by atoms with Crippen LogP contribution in [0.1, 0.15) is 35.8 Å². The second kappa shape index (κ2) is 12.0. The van der Waals surface area contributed by atoms with Crippen molar-refractivity contribution in [3.8, 4) is 17.3 Å². The van der Waals surface area contributed by atoms with E-state index >= 15 is 4.39 Å². The summed E-state index contributed by atoms with van der Waals surface area (Å²) in [7, 11) is 1.86. The second-order valence-corrected chi connectivity index (χ2v) is 13.0. The molecular formula is C33H33F2N7O2S. The fraction of sp³-hybridized carbons (Fsp3) is 0.394. The number of benzene rings is 2. The van der Waals surface area contributed by atoms with Gasteiger partial charge in [-0.1, -0.05) is 11.3 Å². The SMILES string of the molecule is CN(c1nc(-c2ccc(F)cc2)c(C#N)s1)c1cc(C2CC2)nc2c(F)cc(N3CCN(CC(=O)N4CC[C@@H](O)C4)CC3)cc12. The predicted molar refractivity (Wildman–Crippen MR) is 170 cm³/mol. The van der Waals surface area contributed by atoms with Crippen LogP contribution in [0.25, 0.3) is 22.2 Å². The standard InChI is InChI=1S/C33H33F2N7O2S/c1-39(33-38-31(29(17-36)45-33)21-4-6-22(34)7-5-21)28-16-27(20-2-3-20)37-32-25(28)14-23(15-26(32)35)41-12-10-40(11-13-41)19-30(44)42-9-8-24(43)18-42/h4-7,14-16,20,24,43H,2-3,8-13,18-19H2,1H3/t24-/m1/s1. The molecule has 1 aliphatic carbocycles. The lowest BCUT2D eigenvalue weighted by molar-refractivity contribution is -0.131. The number of β-amino-alcohol motifs (C(OH)–C–C–N with tert-alkyl or cyclic N) is 1. The maximum absolute atomic E-state index is 15.9. The number of rotatable bonds is 7. The van der Waals surface area contributed by atoms with Crippen LogP contribution in [-0.4, -0.2) is 89.7 Å². The number of nitrogens with zero attached hydrogens (tertiary/aromatic N) is 7. The minimum absolute atomic E-state index is 0.0336. The van der Waals surface area contributed by atoms with Gasteiger partial charge in [-0.25, -0.2) is 18.7 Å². The van der Waals surface area contributed by atoms with Crippen molar-refractivity contribution in [2.75, 3.05) is 62.7 Å². The van der Waals surface area contributed by atoms with Crippen molar-refractivity contribution in [1.82, 2.24) is 19.8 Å². The van der Waals surface area contributed by atoms with Gasteiger partial charge in [0.05, 0.1) is 18.3 Å². The summed E-state index contributed by atoms with van der Waals surface area (Å²) in [6.07, 6.45) is 2.21. The molecule has 7 rings (SSSR count). The summed E-state index contributed by atoms with van der Waals surface area (Å²) < 4.78 is 29.4. The van der Waals surface area contributed by atoms with Crippen LogP contribution in [0.3, 0.4) is 0 Å². The number of pyridine rings is 1. The molecule has 2 saturated heterocycles. The maximum Gasteiger partial charge on any atom is 0.236 e. The Kier molecular flexibility index (Phi) is 7.85. The molecule has 2 aromatic heterocycles. The first-order valence-electron chi connectivity index (χ1n) is 15.3. The molecule has 0 spiro atoms. The number of carbonyl (C=O) groups is 1. The minimum atomic E-state index is -0.437. The molecule has 1 N–H and O–H groups in total. The van der Waals surface area contributed by atoms with Crippen molar-refractivity contribution >= 4 is 44.7 Å². The highest BCUT2D eigenvalue weighted by molar-refractivity contribution is 7.16. The zero-order chi connectivity index (χ0) is 31.2. The summed E-state index contributed by atoms with van der Waals surface area (Å²) >= 11 is 1.24. The number of aromatic nitrogens is 2. The van der Waals surface area contributed by atoms with Crippen molar-refractivity contribution in [1.29, 1.82) is 5.26 Å². The van der Waals surface area contributed by atoms with Crippen LogP contribution < -0.4 is 9.80 Å². The summed E-state index contributed by atoms with van der Waals surface area (Å²) in [5, 5.41) is 20.9. The second-order valence-electron chi connectivity index (χ2n) is 12.1. The number of carbonyl (C=O) groups excluding carboxylic acids is 1. The molecule has 12 heteroatoms. The van der Waals surface area contributed by atoms with Crippen molar-refractivity contribution in [2.45, 2.75) is 31.3 Å². The number of fused-ring (bicyclic) bond motifs is 1. The summed E-state index contributed by atoms with van der Waals surface area (Å²) in [6, 6.07) is 13.7. The lowest BCUT2D eigenvalue weighted by atomic mass is 10.1. The van der Waals surface area contributed by atoms with Gasteiger partial charge in [-0.2, -0.15) is 5.26 Å². The molecule has 3 fully saturated rings. The Morgan fingerprint density at radius 3 is 2.49 bits per heavy atom. The number of anilines is 3. The molecule has 1 amide bonds. The third kappa shape index (κ3) is 5.95. The highest BCUT2D eigenvalue weighted by Gasteiger charge is 2.30. The molecule has 232 valence electrons. The summed E-state index contributed by atoms with van der Waals surface area (Å²) in [4.78, 5) is 30.5. The van der Waals surface area contributed by atoms with Crippen LogP contribution >= 0.6 is 11.3 Å². The van der Waals surface area contributed by atoms with E-state index < -0.39 is 11.9 Å². The lowest BCUT2D eigenvalue weighted by Crippen LogP contribution is -2.50. The Balaban J connectivity index is 1.17. The number of nitriles is 1. The average Bonchev–Trinajstić information content (AvgIpc) is 3.66. The smallest absolute Gasteiger partial charge is 0.236 e. The third-order valence-corrected chi connectivity index (χ3v) is 9.98. The van der Waals surface area contributed by atoms with Gasteiger partial charge in [0.1, 0.15) is 28.0 Å². The van der Waals surface area contributed by atoms with Gasteiger partial charge in [0.2, 0.25) is 5.91 Å². The normalized spacial score (nSPS) is 18.9. The third-order valence-electron chi connectivity index (χ3n) is 8.94. The van der Waals surface area contributed by atoms with Gasteiger partial charge in [0.25, 0.3) is 0 Å². The Morgan fingerprint density at radius 1 is 1.07 bits per heavy atom. The number of hydrogen-bond acceptors (Lipinski definition) is 9. The van der Waals surface area contributed by atoms with Gasteiger partial charge in [0.15, 0.2) is 10.9 Å².